The molecule has 0 fully saturated rings. The van der Waals surface area contributed by atoms with Gasteiger partial charge in [-0.05, 0) is 37.5 Å². The summed E-state index contributed by atoms with van der Waals surface area (Å²) in [6.07, 6.45) is 66.7. The molecule has 17 nitrogen and oxygen atoms in total. The minimum atomic E-state index is -4.96. The van der Waals surface area contributed by atoms with Crippen LogP contribution in [0.3, 0.4) is 0 Å². The number of unbranched alkanes of at least 4 members (excludes halogenated alkanes) is 51. The van der Waals surface area contributed by atoms with Gasteiger partial charge in [-0.3, -0.25) is 37.3 Å². The van der Waals surface area contributed by atoms with E-state index in [1.54, 1.807) is 0 Å². The third-order valence-corrected chi connectivity index (χ3v) is 22.3. The lowest BCUT2D eigenvalue weighted by atomic mass is 9.99. The highest BCUT2D eigenvalue weighted by atomic mass is 31.2. The highest BCUT2D eigenvalue weighted by molar-refractivity contribution is 7.47. The van der Waals surface area contributed by atoms with E-state index in [-0.39, 0.29) is 25.7 Å². The molecule has 7 atom stereocenters. The molecular formula is C84H164O17P2. The quantitative estimate of drug-likeness (QED) is 0.0222. The van der Waals surface area contributed by atoms with Crippen LogP contribution >= 0.6 is 15.6 Å². The van der Waals surface area contributed by atoms with E-state index in [1.807, 2.05) is 0 Å². The molecule has 0 saturated heterocycles. The minimum Gasteiger partial charge on any atom is -0.462 e. The van der Waals surface area contributed by atoms with Gasteiger partial charge >= 0.3 is 39.5 Å². The molecule has 612 valence electrons. The molecule has 3 N–H and O–H groups in total. The maximum absolute atomic E-state index is 13.1. The minimum absolute atomic E-state index is 0.106. The Morgan fingerprint density at radius 3 is 0.689 bits per heavy atom. The van der Waals surface area contributed by atoms with Gasteiger partial charge in [0.25, 0.3) is 0 Å². The van der Waals surface area contributed by atoms with Crippen molar-refractivity contribution in [1.29, 1.82) is 0 Å². The highest BCUT2D eigenvalue weighted by Crippen LogP contribution is 2.45. The summed E-state index contributed by atoms with van der Waals surface area (Å²) in [5.74, 6) is -0.573. The Morgan fingerprint density at radius 1 is 0.272 bits per heavy atom. The van der Waals surface area contributed by atoms with Gasteiger partial charge in [-0.1, -0.05) is 395 Å². The van der Waals surface area contributed by atoms with Gasteiger partial charge in [0.2, 0.25) is 0 Å². The van der Waals surface area contributed by atoms with Crippen molar-refractivity contribution in [2.45, 2.75) is 464 Å². The first-order valence-electron chi connectivity index (χ1n) is 43.6. The predicted octanol–water partition coefficient (Wildman–Crippen LogP) is 25.5. The van der Waals surface area contributed by atoms with Gasteiger partial charge in [0, 0.05) is 25.7 Å². The number of ether oxygens (including phenoxy) is 4. The molecule has 0 aliphatic carbocycles. The lowest BCUT2D eigenvalue weighted by Gasteiger charge is -2.21. The normalized spacial score (nSPS) is 14.4. The monoisotopic (exact) mass is 1510 g/mol. The van der Waals surface area contributed by atoms with Crippen LogP contribution in [0.5, 0.6) is 0 Å². The SMILES string of the molecule is CCCCCCCCCCCCCCCCCCCCCCC(=O)O[C@H](COC(=O)CCCCCCCCCCCCCCCCCCCCC)COP(=O)(O)OC[C@@H](O)COP(=O)(O)OC[C@@H](COC(=O)CCCCCCCCC(C)CC)OC(=O)CCCCCCCCCCCCC(C)CC. The van der Waals surface area contributed by atoms with Crippen molar-refractivity contribution >= 4 is 39.5 Å². The summed E-state index contributed by atoms with van der Waals surface area (Å²) >= 11 is 0. The Balaban J connectivity index is 5.23. The molecule has 0 aliphatic rings. The Labute approximate surface area is 632 Å². The molecule has 0 aromatic carbocycles. The Kier molecular flexibility index (Phi) is 74.1. The molecule has 0 heterocycles. The maximum atomic E-state index is 13.1. The zero-order valence-electron chi connectivity index (χ0n) is 67.6. The van der Waals surface area contributed by atoms with Gasteiger partial charge in [-0.15, -0.1) is 0 Å². The van der Waals surface area contributed by atoms with Gasteiger partial charge in [0.15, 0.2) is 12.2 Å². The summed E-state index contributed by atoms with van der Waals surface area (Å²) < 4.78 is 68.8. The number of aliphatic hydroxyl groups excluding tert-OH is 1. The molecule has 0 aromatic rings. The predicted molar refractivity (Wildman–Crippen MR) is 423 cm³/mol. The van der Waals surface area contributed by atoms with Crippen LogP contribution in [0.15, 0.2) is 0 Å². The zero-order chi connectivity index (χ0) is 75.6. The van der Waals surface area contributed by atoms with Crippen LogP contribution < -0.4 is 0 Å². The van der Waals surface area contributed by atoms with Crippen LogP contribution in [-0.2, 0) is 65.4 Å². The Hall–Kier alpha value is -1.94. The largest absolute Gasteiger partial charge is 0.472 e. The molecule has 0 bridgehead atoms. The first kappa shape index (κ1) is 101. The topological polar surface area (TPSA) is 237 Å². The Morgan fingerprint density at radius 2 is 0.466 bits per heavy atom. The lowest BCUT2D eigenvalue weighted by molar-refractivity contribution is -0.161. The third kappa shape index (κ3) is 75.3. The third-order valence-electron chi connectivity index (χ3n) is 20.4. The molecule has 0 saturated carbocycles. The average Bonchev–Trinajstić information content (AvgIpc) is 0.913. The molecule has 0 aliphatic heterocycles. The highest BCUT2D eigenvalue weighted by Gasteiger charge is 2.30. The van der Waals surface area contributed by atoms with E-state index in [0.717, 1.165) is 108 Å². The summed E-state index contributed by atoms with van der Waals surface area (Å²) in [5, 5.41) is 10.7. The average molecular weight is 1510 g/mol. The van der Waals surface area contributed by atoms with Crippen molar-refractivity contribution in [1.82, 2.24) is 0 Å². The second kappa shape index (κ2) is 75.5. The molecule has 0 aromatic heterocycles. The Bertz CT molecular complexity index is 1980. The van der Waals surface area contributed by atoms with Crippen molar-refractivity contribution in [3.63, 3.8) is 0 Å². The fourth-order valence-corrected chi connectivity index (χ4v) is 14.6. The first-order valence-corrected chi connectivity index (χ1v) is 46.6. The van der Waals surface area contributed by atoms with E-state index in [9.17, 15) is 43.2 Å². The van der Waals surface area contributed by atoms with E-state index in [1.165, 1.54) is 257 Å². The number of aliphatic hydroxyl groups is 1. The maximum Gasteiger partial charge on any atom is 0.472 e. The van der Waals surface area contributed by atoms with Crippen molar-refractivity contribution < 1.29 is 80.2 Å². The fraction of sp³-hybridized carbons (Fsp3) is 0.952. The number of hydrogen-bond donors (Lipinski definition) is 3. The van der Waals surface area contributed by atoms with E-state index in [4.69, 9.17) is 37.0 Å². The number of carbonyl (C=O) groups excluding carboxylic acids is 4. The molecular weight excluding hydrogens is 1340 g/mol. The van der Waals surface area contributed by atoms with Gasteiger partial charge < -0.3 is 33.8 Å². The van der Waals surface area contributed by atoms with Crippen LogP contribution in [0.2, 0.25) is 0 Å². The number of rotatable bonds is 83. The van der Waals surface area contributed by atoms with E-state index < -0.39 is 97.5 Å². The van der Waals surface area contributed by atoms with E-state index >= 15 is 0 Å². The van der Waals surface area contributed by atoms with Crippen molar-refractivity contribution in [3.05, 3.63) is 0 Å². The zero-order valence-corrected chi connectivity index (χ0v) is 69.4. The van der Waals surface area contributed by atoms with Crippen LogP contribution in [-0.4, -0.2) is 96.7 Å². The van der Waals surface area contributed by atoms with Crippen molar-refractivity contribution in [2.75, 3.05) is 39.6 Å². The molecule has 4 unspecified atom stereocenters. The molecule has 0 amide bonds. The second-order valence-corrected chi connectivity index (χ2v) is 33.6. The fourth-order valence-electron chi connectivity index (χ4n) is 13.0. The van der Waals surface area contributed by atoms with Crippen molar-refractivity contribution in [3.8, 4) is 0 Å². The number of carbonyl (C=O) groups is 4. The van der Waals surface area contributed by atoms with Gasteiger partial charge in [-0.2, -0.15) is 0 Å². The number of phosphoric acid groups is 2. The number of hydrogen-bond acceptors (Lipinski definition) is 15. The smallest absolute Gasteiger partial charge is 0.462 e. The first-order chi connectivity index (χ1) is 49.9. The van der Waals surface area contributed by atoms with E-state index in [2.05, 4.69) is 41.5 Å². The van der Waals surface area contributed by atoms with Gasteiger partial charge in [0.1, 0.15) is 19.3 Å². The molecule has 0 spiro atoms. The second-order valence-electron chi connectivity index (χ2n) is 30.7. The lowest BCUT2D eigenvalue weighted by Crippen LogP contribution is -2.30. The number of phosphoric ester groups is 2. The van der Waals surface area contributed by atoms with Crippen LogP contribution in [0, 0.1) is 11.8 Å². The molecule has 0 radical (unpaired) electrons. The summed E-state index contributed by atoms with van der Waals surface area (Å²) in [6, 6.07) is 0. The van der Waals surface area contributed by atoms with Crippen LogP contribution in [0.4, 0.5) is 0 Å². The summed E-state index contributed by atoms with van der Waals surface area (Å²) in [7, 11) is -9.92. The standard InChI is InChI=1S/C84H164O17P2/c1-7-11-13-15-17-19-21-23-25-27-29-31-33-35-37-39-44-48-56-62-68-83(88)100-79(72-94-81(86)66-60-54-47-43-38-36-34-32-30-28-26-24-22-20-18-16-14-12-8-2)74-98-102(90,91)96-70-78(85)71-97-103(92,93)99-75-80(73-95-82(87)67-61-55-51-50-53-59-65-77(6)10-4)101-84(89)69-63-57-49-45-41-40-42-46-52-58-64-76(5)9-3/h76-80,85H,7-75H2,1-6H3,(H,90,91)(H,92,93)/t76?,77?,78-,79-,80-/m1/s1. The van der Waals surface area contributed by atoms with Gasteiger partial charge in [0.05, 0.1) is 26.4 Å². The summed E-state index contributed by atoms with van der Waals surface area (Å²) in [4.78, 5) is 73.1. The molecule has 19 heteroatoms. The van der Waals surface area contributed by atoms with E-state index in [0.29, 0.717) is 25.7 Å². The summed E-state index contributed by atoms with van der Waals surface area (Å²) in [6.45, 7) is 9.64. The van der Waals surface area contributed by atoms with Crippen molar-refractivity contribution in [2.24, 2.45) is 11.8 Å². The molecule has 0 rings (SSSR count). The molecule has 103 heavy (non-hydrogen) atoms. The van der Waals surface area contributed by atoms with Gasteiger partial charge in [-0.25, -0.2) is 9.13 Å². The summed E-state index contributed by atoms with van der Waals surface area (Å²) in [5.41, 5.74) is 0. The van der Waals surface area contributed by atoms with Crippen LogP contribution in [0.25, 0.3) is 0 Å². The van der Waals surface area contributed by atoms with Crippen LogP contribution in [0.1, 0.15) is 446 Å². The number of esters is 4.